The van der Waals surface area contributed by atoms with Crippen LogP contribution in [0.15, 0.2) is 12.3 Å². The van der Waals surface area contributed by atoms with E-state index in [2.05, 4.69) is 4.98 Å². The fraction of sp³-hybridized carbons (Fsp3) is 0.400. The lowest BCUT2D eigenvalue weighted by Crippen LogP contribution is -2.30. The fourth-order valence-corrected chi connectivity index (χ4v) is 1.32. The summed E-state index contributed by atoms with van der Waals surface area (Å²) < 4.78 is 4.84. The molecular formula is C10H14N4O4. The Bertz CT molecular complexity index is 463. The first-order valence-corrected chi connectivity index (χ1v) is 5.11. The highest BCUT2D eigenvalue weighted by Crippen LogP contribution is 2.20. The lowest BCUT2D eigenvalue weighted by Gasteiger charge is -2.16. The number of likely N-dealkylation sites (N-methyl/N-ethyl adjacent to an activating group) is 1. The van der Waals surface area contributed by atoms with E-state index in [1.165, 1.54) is 25.1 Å². The van der Waals surface area contributed by atoms with E-state index in [4.69, 9.17) is 10.5 Å². The standard InChI is InChI=1S/C10H14N4O4/c1-13(3-4-18-2)10(15)7-5-9(11)12-6-8(7)14(16)17/h5-6H,3-4H2,1-2H3,(H2,11,12). The van der Waals surface area contributed by atoms with Gasteiger partial charge >= 0.3 is 0 Å². The number of rotatable bonds is 5. The first-order chi connectivity index (χ1) is 8.47. The highest BCUT2D eigenvalue weighted by Gasteiger charge is 2.23. The Morgan fingerprint density at radius 2 is 2.33 bits per heavy atom. The van der Waals surface area contributed by atoms with Crippen molar-refractivity contribution in [3.05, 3.63) is 27.9 Å². The molecule has 98 valence electrons. The molecule has 0 fully saturated rings. The number of nitrogens with two attached hydrogens (primary N) is 1. The van der Waals surface area contributed by atoms with Crippen LogP contribution in [0.3, 0.4) is 0 Å². The Kier molecular flexibility index (Phi) is 4.55. The summed E-state index contributed by atoms with van der Waals surface area (Å²) in [6.45, 7) is 0.672. The third kappa shape index (κ3) is 3.14. The van der Waals surface area contributed by atoms with E-state index < -0.39 is 10.8 Å². The molecule has 1 amide bonds. The Morgan fingerprint density at radius 1 is 1.67 bits per heavy atom. The van der Waals surface area contributed by atoms with Crippen LogP contribution in [-0.2, 0) is 4.74 Å². The zero-order chi connectivity index (χ0) is 13.7. The van der Waals surface area contributed by atoms with Crippen molar-refractivity contribution >= 4 is 17.4 Å². The number of methoxy groups -OCH3 is 1. The van der Waals surface area contributed by atoms with Crippen LogP contribution in [0, 0.1) is 10.1 Å². The third-order valence-corrected chi connectivity index (χ3v) is 2.31. The van der Waals surface area contributed by atoms with Crippen LogP contribution in [0.5, 0.6) is 0 Å². The molecule has 0 aliphatic rings. The van der Waals surface area contributed by atoms with Gasteiger partial charge in [0.1, 0.15) is 17.6 Å². The SMILES string of the molecule is COCCN(C)C(=O)c1cc(N)ncc1[N+](=O)[O-]. The maximum atomic E-state index is 12.0. The van der Waals surface area contributed by atoms with Gasteiger partial charge in [-0.05, 0) is 6.07 Å². The van der Waals surface area contributed by atoms with Crippen molar-refractivity contribution in [3.8, 4) is 0 Å². The molecule has 0 aromatic carbocycles. The molecule has 1 aromatic rings. The van der Waals surface area contributed by atoms with Crippen molar-refractivity contribution in [3.63, 3.8) is 0 Å². The van der Waals surface area contributed by atoms with Crippen LogP contribution >= 0.6 is 0 Å². The molecule has 1 heterocycles. The van der Waals surface area contributed by atoms with E-state index in [1.807, 2.05) is 0 Å². The summed E-state index contributed by atoms with van der Waals surface area (Å²) in [4.78, 5) is 27.1. The van der Waals surface area contributed by atoms with E-state index in [-0.39, 0.29) is 17.1 Å². The number of hydrogen-bond acceptors (Lipinski definition) is 6. The summed E-state index contributed by atoms with van der Waals surface area (Å²) in [6, 6.07) is 1.20. The number of carbonyl (C=O) groups excluding carboxylic acids is 1. The molecule has 0 unspecified atom stereocenters. The second-order valence-corrected chi connectivity index (χ2v) is 3.60. The van der Waals surface area contributed by atoms with Crippen molar-refractivity contribution in [2.24, 2.45) is 0 Å². The van der Waals surface area contributed by atoms with Gasteiger partial charge in [0.15, 0.2) is 0 Å². The van der Waals surface area contributed by atoms with Crippen LogP contribution in [0.1, 0.15) is 10.4 Å². The summed E-state index contributed by atoms with van der Waals surface area (Å²) in [5, 5.41) is 10.8. The molecule has 0 saturated carbocycles. The van der Waals surface area contributed by atoms with E-state index >= 15 is 0 Å². The Balaban J connectivity index is 3.03. The monoisotopic (exact) mass is 254 g/mol. The van der Waals surface area contributed by atoms with Crippen molar-refractivity contribution in [2.75, 3.05) is 33.0 Å². The Hall–Kier alpha value is -2.22. The molecule has 8 nitrogen and oxygen atoms in total. The van der Waals surface area contributed by atoms with Crippen LogP contribution in [0.25, 0.3) is 0 Å². The summed E-state index contributed by atoms with van der Waals surface area (Å²) in [7, 11) is 3.03. The molecule has 1 rings (SSSR count). The summed E-state index contributed by atoms with van der Waals surface area (Å²) in [6.07, 6.45) is 0.979. The smallest absolute Gasteiger partial charge is 0.300 e. The number of pyridine rings is 1. The van der Waals surface area contributed by atoms with Gasteiger partial charge in [0.05, 0.1) is 11.5 Å². The minimum absolute atomic E-state index is 0.0593. The highest BCUT2D eigenvalue weighted by molar-refractivity contribution is 5.98. The van der Waals surface area contributed by atoms with E-state index in [9.17, 15) is 14.9 Å². The van der Waals surface area contributed by atoms with Gasteiger partial charge < -0.3 is 15.4 Å². The first kappa shape index (κ1) is 13.8. The second-order valence-electron chi connectivity index (χ2n) is 3.60. The number of amides is 1. The van der Waals surface area contributed by atoms with Gasteiger partial charge in [-0.15, -0.1) is 0 Å². The Morgan fingerprint density at radius 3 is 2.89 bits per heavy atom. The number of nitrogens with zero attached hydrogens (tertiary/aromatic N) is 3. The van der Waals surface area contributed by atoms with Crippen LogP contribution in [-0.4, -0.2) is 48.0 Å². The molecule has 0 aliphatic carbocycles. The van der Waals surface area contributed by atoms with Gasteiger partial charge in [-0.1, -0.05) is 0 Å². The number of aromatic nitrogens is 1. The molecular weight excluding hydrogens is 240 g/mol. The normalized spacial score (nSPS) is 10.1. The minimum atomic E-state index is -0.663. The fourth-order valence-electron chi connectivity index (χ4n) is 1.32. The number of carbonyl (C=O) groups is 1. The zero-order valence-corrected chi connectivity index (χ0v) is 10.1. The number of nitro groups is 1. The molecule has 0 saturated heterocycles. The van der Waals surface area contributed by atoms with Crippen LogP contribution in [0.4, 0.5) is 11.5 Å². The van der Waals surface area contributed by atoms with Crippen molar-refractivity contribution in [1.82, 2.24) is 9.88 Å². The molecule has 0 atom stereocenters. The molecule has 0 radical (unpaired) electrons. The molecule has 0 bridgehead atoms. The van der Waals surface area contributed by atoms with Gasteiger partial charge in [0.2, 0.25) is 0 Å². The van der Waals surface area contributed by atoms with Crippen molar-refractivity contribution in [2.45, 2.75) is 0 Å². The van der Waals surface area contributed by atoms with Crippen molar-refractivity contribution in [1.29, 1.82) is 0 Å². The summed E-state index contributed by atoms with van der Waals surface area (Å²) in [5.41, 5.74) is 5.00. The van der Waals surface area contributed by atoms with Crippen LogP contribution < -0.4 is 5.73 Å². The number of hydrogen-bond donors (Lipinski definition) is 1. The van der Waals surface area contributed by atoms with E-state index in [0.717, 1.165) is 6.20 Å². The topological polar surface area (TPSA) is 112 Å². The van der Waals surface area contributed by atoms with Gasteiger partial charge in [-0.2, -0.15) is 0 Å². The first-order valence-electron chi connectivity index (χ1n) is 5.11. The van der Waals surface area contributed by atoms with Gasteiger partial charge in [-0.3, -0.25) is 14.9 Å². The average Bonchev–Trinajstić information content (AvgIpc) is 2.34. The molecule has 18 heavy (non-hydrogen) atoms. The Labute approximate surface area is 104 Å². The minimum Gasteiger partial charge on any atom is -0.384 e. The summed E-state index contributed by atoms with van der Waals surface area (Å²) >= 11 is 0. The van der Waals surface area contributed by atoms with Gasteiger partial charge in [0.25, 0.3) is 11.6 Å². The second kappa shape index (κ2) is 5.92. The lowest BCUT2D eigenvalue weighted by atomic mass is 10.2. The third-order valence-electron chi connectivity index (χ3n) is 2.31. The van der Waals surface area contributed by atoms with Gasteiger partial charge in [-0.25, -0.2) is 4.98 Å². The average molecular weight is 254 g/mol. The number of nitrogen functional groups attached to an aromatic ring is 1. The van der Waals surface area contributed by atoms with Crippen LogP contribution in [0.2, 0.25) is 0 Å². The zero-order valence-electron chi connectivity index (χ0n) is 10.1. The predicted molar refractivity (Wildman–Crippen MR) is 64.1 cm³/mol. The maximum Gasteiger partial charge on any atom is 0.300 e. The van der Waals surface area contributed by atoms with Gasteiger partial charge in [0, 0.05) is 20.7 Å². The summed E-state index contributed by atoms with van der Waals surface area (Å²) in [5.74, 6) is -0.433. The highest BCUT2D eigenvalue weighted by atomic mass is 16.6. The predicted octanol–water partition coefficient (Wildman–Crippen LogP) is 0.290. The largest absolute Gasteiger partial charge is 0.384 e. The molecule has 1 aromatic heterocycles. The van der Waals surface area contributed by atoms with E-state index in [0.29, 0.717) is 13.2 Å². The van der Waals surface area contributed by atoms with Crippen molar-refractivity contribution < 1.29 is 14.5 Å². The molecule has 0 aliphatic heterocycles. The maximum absolute atomic E-state index is 12.0. The lowest BCUT2D eigenvalue weighted by molar-refractivity contribution is -0.385. The molecule has 8 heteroatoms. The van der Waals surface area contributed by atoms with E-state index in [1.54, 1.807) is 0 Å². The quantitative estimate of drug-likeness (QED) is 0.597. The number of anilines is 1. The number of ether oxygens (including phenoxy) is 1. The molecule has 2 N–H and O–H groups in total. The molecule has 0 spiro atoms.